The summed E-state index contributed by atoms with van der Waals surface area (Å²) >= 11 is 1.82. The molecule has 0 amide bonds. The van der Waals surface area contributed by atoms with Gasteiger partial charge in [-0.1, -0.05) is 92.7 Å². The summed E-state index contributed by atoms with van der Waals surface area (Å²) in [5.74, 6) is 4.30. The second-order valence-corrected chi connectivity index (χ2v) is 17.9. The minimum Gasteiger partial charge on any atom is -0.309 e. The van der Waals surface area contributed by atoms with Crippen molar-refractivity contribution in [1.82, 2.24) is 19.5 Å². The third-order valence-electron chi connectivity index (χ3n) is 12.8. The van der Waals surface area contributed by atoms with Crippen molar-refractivity contribution in [3.63, 3.8) is 0 Å². The van der Waals surface area contributed by atoms with Crippen LogP contribution in [-0.2, 0) is 5.41 Å². The molecule has 6 heteroatoms. The molecule has 0 radical (unpaired) electrons. The molecule has 2 aliphatic carbocycles. The van der Waals surface area contributed by atoms with Crippen molar-refractivity contribution in [3.8, 4) is 45.9 Å². The Morgan fingerprint density at radius 2 is 1.28 bits per heavy atom. The van der Waals surface area contributed by atoms with Crippen LogP contribution < -0.4 is 0 Å². The van der Waals surface area contributed by atoms with Gasteiger partial charge >= 0.3 is 0 Å². The number of hydrogen-bond donors (Lipinski definition) is 0. The highest BCUT2D eigenvalue weighted by Gasteiger charge is 2.45. The second kappa shape index (κ2) is 13.2. The summed E-state index contributed by atoms with van der Waals surface area (Å²) in [5.41, 5.74) is 8.28. The fraction of sp³-hybridized carbons (Fsp3) is 0.216. The zero-order chi connectivity index (χ0) is 38.3. The topological polar surface area (TPSA) is 67.4 Å². The summed E-state index contributed by atoms with van der Waals surface area (Å²) in [6, 6.07) is 49.5. The molecule has 3 heterocycles. The van der Waals surface area contributed by atoms with Crippen molar-refractivity contribution in [1.29, 1.82) is 5.26 Å². The molecule has 9 aromatic rings. The van der Waals surface area contributed by atoms with Gasteiger partial charge in [0.05, 0.1) is 22.7 Å². The third-order valence-corrected chi connectivity index (χ3v) is 14.0. The first-order valence-corrected chi connectivity index (χ1v) is 21.1. The van der Waals surface area contributed by atoms with Gasteiger partial charge in [-0.2, -0.15) is 5.26 Å². The van der Waals surface area contributed by atoms with Gasteiger partial charge in [-0.05, 0) is 115 Å². The van der Waals surface area contributed by atoms with E-state index in [0.717, 1.165) is 61.9 Å². The van der Waals surface area contributed by atoms with E-state index in [-0.39, 0.29) is 5.41 Å². The molecule has 5 nitrogen and oxygen atoms in total. The summed E-state index contributed by atoms with van der Waals surface area (Å²) in [7, 11) is 0. The first kappa shape index (κ1) is 34.1. The van der Waals surface area contributed by atoms with Crippen LogP contribution in [0, 0.1) is 29.1 Å². The second-order valence-electron chi connectivity index (χ2n) is 16.8. The lowest BCUT2D eigenvalue weighted by Gasteiger charge is -2.50. The van der Waals surface area contributed by atoms with Gasteiger partial charge < -0.3 is 4.57 Å². The third kappa shape index (κ3) is 5.67. The normalized spacial score (nSPS) is 20.7. The van der Waals surface area contributed by atoms with E-state index in [1.165, 1.54) is 57.8 Å². The van der Waals surface area contributed by atoms with E-state index in [1.807, 2.05) is 29.5 Å². The Kier molecular flexibility index (Phi) is 7.91. The Morgan fingerprint density at radius 3 is 2.09 bits per heavy atom. The average molecular weight is 756 g/mol. The first-order valence-electron chi connectivity index (χ1n) is 20.2. The maximum absolute atomic E-state index is 9.78. The lowest BCUT2D eigenvalue weighted by Crippen LogP contribution is -2.42. The molecule has 0 N–H and O–H groups in total. The lowest BCUT2D eigenvalue weighted by atomic mass is 9.54. The molecule has 0 saturated heterocycles. The molecule has 0 aliphatic heterocycles. The first-order chi connectivity index (χ1) is 27.9. The van der Waals surface area contributed by atoms with Gasteiger partial charge in [-0.3, -0.25) is 0 Å². The van der Waals surface area contributed by atoms with Crippen LogP contribution in [-0.4, -0.2) is 19.5 Å². The van der Waals surface area contributed by atoms with Crippen LogP contribution in [0.4, 0.5) is 0 Å². The van der Waals surface area contributed by atoms with Crippen molar-refractivity contribution in [2.75, 3.05) is 0 Å². The van der Waals surface area contributed by atoms with Crippen molar-refractivity contribution >= 4 is 53.3 Å². The van der Waals surface area contributed by atoms with Crippen molar-refractivity contribution in [2.24, 2.45) is 17.8 Å². The van der Waals surface area contributed by atoms with E-state index in [4.69, 9.17) is 15.0 Å². The Bertz CT molecular complexity index is 3050. The van der Waals surface area contributed by atoms with Crippen molar-refractivity contribution < 1.29 is 0 Å². The highest BCUT2D eigenvalue weighted by atomic mass is 32.1. The maximum atomic E-state index is 9.78. The zero-order valence-corrected chi connectivity index (χ0v) is 32.9. The number of para-hydroxylation sites is 1. The van der Waals surface area contributed by atoms with Gasteiger partial charge in [-0.25, -0.2) is 15.0 Å². The van der Waals surface area contributed by atoms with E-state index in [9.17, 15) is 5.26 Å². The van der Waals surface area contributed by atoms with Crippen LogP contribution in [0.1, 0.15) is 57.1 Å². The van der Waals surface area contributed by atoms with Crippen LogP contribution in [0.2, 0.25) is 0 Å². The minimum absolute atomic E-state index is 0.253. The molecule has 0 spiro atoms. The zero-order valence-electron chi connectivity index (χ0n) is 32.1. The van der Waals surface area contributed by atoms with Crippen LogP contribution in [0.25, 0.3) is 81.8 Å². The predicted molar refractivity (Wildman–Crippen MR) is 235 cm³/mol. The fourth-order valence-electron chi connectivity index (χ4n) is 10.8. The van der Waals surface area contributed by atoms with Gasteiger partial charge in [0.15, 0.2) is 17.5 Å². The highest BCUT2D eigenvalue weighted by Crippen LogP contribution is 2.54. The molecule has 2 aliphatic rings. The smallest absolute Gasteiger partial charge is 0.164 e. The van der Waals surface area contributed by atoms with Crippen LogP contribution >= 0.6 is 11.3 Å². The maximum Gasteiger partial charge on any atom is 0.164 e. The van der Waals surface area contributed by atoms with E-state index < -0.39 is 0 Å². The van der Waals surface area contributed by atoms with Crippen molar-refractivity contribution in [3.05, 3.63) is 145 Å². The number of nitrogens with zero attached hydrogens (tertiary/aromatic N) is 5. The molecular formula is C51H41N5S. The number of aromatic nitrogens is 4. The molecule has 57 heavy (non-hydrogen) atoms. The standard InChI is InChI=1S/C51H41N5S/c1-31-23-34-24-32(2)28-51(27-31,29-34)37-20-17-35(18-21-37)48-53-49(36-19-22-46-42(26-36)39-11-4-6-16-45(39)57-46)55-50(54-48)41-13-8-15-44-47(41)40-12-3-5-14-43(40)56(44)38-10-7-9-33(25-38)30-52/h3-22,25-26,31-32,34H,23-24,27-29H2,1-2H3/t31-,32+,34-,51?. The van der Waals surface area contributed by atoms with Gasteiger partial charge in [0.2, 0.25) is 0 Å². The number of rotatable bonds is 5. The molecule has 11 rings (SSSR count). The van der Waals surface area contributed by atoms with Crippen molar-refractivity contribution in [2.45, 2.75) is 51.4 Å². The Balaban J connectivity index is 1.11. The van der Waals surface area contributed by atoms with Crippen LogP contribution in [0.5, 0.6) is 0 Å². The summed E-state index contributed by atoms with van der Waals surface area (Å²) < 4.78 is 4.77. The Morgan fingerprint density at radius 1 is 0.614 bits per heavy atom. The van der Waals surface area contributed by atoms with E-state index in [0.29, 0.717) is 23.0 Å². The number of nitriles is 1. The Hall–Kier alpha value is -6.16. The molecule has 2 bridgehead atoms. The molecular weight excluding hydrogens is 715 g/mol. The predicted octanol–water partition coefficient (Wildman–Crippen LogP) is 13.3. The number of hydrogen-bond acceptors (Lipinski definition) is 5. The molecule has 3 aromatic heterocycles. The van der Waals surface area contributed by atoms with Crippen LogP contribution in [0.15, 0.2) is 133 Å². The largest absolute Gasteiger partial charge is 0.309 e. The summed E-state index contributed by atoms with van der Waals surface area (Å²) in [6.45, 7) is 4.91. The van der Waals surface area contributed by atoms with Gasteiger partial charge in [0, 0.05) is 53.3 Å². The molecule has 4 atom stereocenters. The lowest BCUT2D eigenvalue weighted by molar-refractivity contribution is 0.0780. The molecule has 1 unspecified atom stereocenters. The Labute approximate surface area is 336 Å². The van der Waals surface area contributed by atoms with Crippen LogP contribution in [0.3, 0.4) is 0 Å². The molecule has 276 valence electrons. The monoisotopic (exact) mass is 755 g/mol. The van der Waals surface area contributed by atoms with E-state index >= 15 is 0 Å². The van der Waals surface area contributed by atoms with E-state index in [1.54, 1.807) is 0 Å². The quantitative estimate of drug-likeness (QED) is 0.175. The fourth-order valence-corrected chi connectivity index (χ4v) is 11.9. The average Bonchev–Trinajstić information content (AvgIpc) is 3.78. The van der Waals surface area contributed by atoms with Gasteiger partial charge in [-0.15, -0.1) is 11.3 Å². The molecule has 6 aromatic carbocycles. The summed E-state index contributed by atoms with van der Waals surface area (Å²) in [5, 5.41) is 14.4. The highest BCUT2D eigenvalue weighted by molar-refractivity contribution is 7.25. The van der Waals surface area contributed by atoms with Gasteiger partial charge in [0.1, 0.15) is 0 Å². The number of thiophene rings is 1. The molecule has 2 saturated carbocycles. The number of benzene rings is 6. The number of fused-ring (bicyclic) bond motifs is 8. The summed E-state index contributed by atoms with van der Waals surface area (Å²) in [4.78, 5) is 15.9. The van der Waals surface area contributed by atoms with Gasteiger partial charge in [0.25, 0.3) is 0 Å². The SMILES string of the molecule is C[C@@H]1C[C@@H]2C[C@H](C)CC(c3ccc(-c4nc(-c5ccc6sc7ccccc7c6c5)nc(-c5cccc6c5c5ccccc5n6-c5cccc(C#N)c5)n4)cc3)(C1)C2. The summed E-state index contributed by atoms with van der Waals surface area (Å²) in [6.07, 6.45) is 6.58. The van der Waals surface area contributed by atoms with E-state index in [2.05, 4.69) is 140 Å². The minimum atomic E-state index is 0.253. The molecule has 2 fully saturated rings.